The summed E-state index contributed by atoms with van der Waals surface area (Å²) in [5, 5.41) is 12.0. The van der Waals surface area contributed by atoms with Crippen molar-refractivity contribution in [2.24, 2.45) is 17.3 Å². The lowest BCUT2D eigenvalue weighted by molar-refractivity contribution is -0.140. The van der Waals surface area contributed by atoms with E-state index in [4.69, 9.17) is 5.11 Å². The summed E-state index contributed by atoms with van der Waals surface area (Å²) in [5.74, 6) is -2.07. The summed E-state index contributed by atoms with van der Waals surface area (Å²) < 4.78 is 0. The number of rotatable bonds is 4. The number of amides is 1. The van der Waals surface area contributed by atoms with Crippen molar-refractivity contribution in [2.45, 2.75) is 33.7 Å². The van der Waals surface area contributed by atoms with Gasteiger partial charge in [-0.2, -0.15) is 0 Å². The zero-order chi connectivity index (χ0) is 15.1. The van der Waals surface area contributed by atoms with Crippen molar-refractivity contribution in [3.05, 3.63) is 35.4 Å². The van der Waals surface area contributed by atoms with Crippen molar-refractivity contribution in [1.82, 2.24) is 5.32 Å². The summed E-state index contributed by atoms with van der Waals surface area (Å²) in [4.78, 5) is 23.3. The SMILES string of the molecule is Cc1ccc(C(C)NC(=O)[C@H]2[C@@H](C(=O)O)C2(C)C)cc1. The molecular weight excluding hydrogens is 254 g/mol. The van der Waals surface area contributed by atoms with Gasteiger partial charge in [0.25, 0.3) is 0 Å². The van der Waals surface area contributed by atoms with Crippen LogP contribution in [-0.2, 0) is 9.59 Å². The maximum absolute atomic E-state index is 12.2. The topological polar surface area (TPSA) is 66.4 Å². The molecule has 4 nitrogen and oxygen atoms in total. The molecule has 1 aliphatic carbocycles. The van der Waals surface area contributed by atoms with Crippen LogP contribution in [-0.4, -0.2) is 17.0 Å². The molecular formula is C16H21NO3. The van der Waals surface area contributed by atoms with Crippen molar-refractivity contribution < 1.29 is 14.7 Å². The minimum absolute atomic E-state index is 0.117. The van der Waals surface area contributed by atoms with Crippen LogP contribution in [0.5, 0.6) is 0 Å². The largest absolute Gasteiger partial charge is 0.481 e. The molecule has 0 heterocycles. The van der Waals surface area contributed by atoms with Crippen LogP contribution >= 0.6 is 0 Å². The van der Waals surface area contributed by atoms with Gasteiger partial charge in [-0.05, 0) is 24.8 Å². The van der Waals surface area contributed by atoms with Crippen LogP contribution in [0.3, 0.4) is 0 Å². The molecule has 1 saturated carbocycles. The number of hydrogen-bond donors (Lipinski definition) is 2. The van der Waals surface area contributed by atoms with Crippen molar-refractivity contribution in [1.29, 1.82) is 0 Å². The average molecular weight is 275 g/mol. The Kier molecular flexibility index (Phi) is 3.59. The van der Waals surface area contributed by atoms with E-state index in [-0.39, 0.29) is 11.9 Å². The number of carbonyl (C=O) groups excluding carboxylic acids is 1. The maximum atomic E-state index is 12.2. The number of aryl methyl sites for hydroxylation is 1. The predicted molar refractivity (Wildman–Crippen MR) is 76.1 cm³/mol. The summed E-state index contributed by atoms with van der Waals surface area (Å²) in [6, 6.07) is 7.84. The first-order valence-corrected chi connectivity index (χ1v) is 6.85. The molecule has 1 aromatic rings. The Morgan fingerprint density at radius 2 is 1.75 bits per heavy atom. The standard InChI is InChI=1S/C16H21NO3/c1-9-5-7-11(8-6-9)10(2)17-14(18)12-13(15(19)20)16(12,3)4/h5-8,10,12-13H,1-4H3,(H,17,18)(H,19,20)/t10?,12-,13+/m1/s1. The molecule has 0 bridgehead atoms. The van der Waals surface area contributed by atoms with E-state index >= 15 is 0 Å². The van der Waals surface area contributed by atoms with Crippen LogP contribution in [0, 0.1) is 24.2 Å². The lowest BCUT2D eigenvalue weighted by Gasteiger charge is -2.15. The van der Waals surface area contributed by atoms with Gasteiger partial charge in [0, 0.05) is 0 Å². The van der Waals surface area contributed by atoms with Crippen LogP contribution in [0.15, 0.2) is 24.3 Å². The van der Waals surface area contributed by atoms with Gasteiger partial charge in [0.05, 0.1) is 17.9 Å². The number of carboxylic acids is 1. The van der Waals surface area contributed by atoms with Gasteiger partial charge in [-0.3, -0.25) is 9.59 Å². The average Bonchev–Trinajstić information content (AvgIpc) is 2.93. The highest BCUT2D eigenvalue weighted by molar-refractivity contribution is 5.91. The molecule has 1 aromatic carbocycles. The van der Waals surface area contributed by atoms with Crippen molar-refractivity contribution in [3.63, 3.8) is 0 Å². The Morgan fingerprint density at radius 1 is 1.20 bits per heavy atom. The van der Waals surface area contributed by atoms with E-state index in [9.17, 15) is 9.59 Å². The van der Waals surface area contributed by atoms with Gasteiger partial charge in [-0.25, -0.2) is 0 Å². The number of hydrogen-bond acceptors (Lipinski definition) is 2. The molecule has 1 fully saturated rings. The molecule has 0 aliphatic heterocycles. The van der Waals surface area contributed by atoms with Gasteiger partial charge in [-0.1, -0.05) is 43.7 Å². The van der Waals surface area contributed by atoms with E-state index in [1.807, 2.05) is 52.0 Å². The Balaban J connectivity index is 2.02. The number of nitrogens with one attached hydrogen (secondary N) is 1. The summed E-state index contributed by atoms with van der Waals surface area (Å²) in [6.07, 6.45) is 0. The normalized spacial score (nSPS) is 24.8. The molecule has 0 radical (unpaired) electrons. The number of benzene rings is 1. The molecule has 108 valence electrons. The summed E-state index contributed by atoms with van der Waals surface area (Å²) in [5.41, 5.74) is 1.74. The Hall–Kier alpha value is -1.84. The number of aliphatic carboxylic acids is 1. The van der Waals surface area contributed by atoms with Gasteiger partial charge in [-0.15, -0.1) is 0 Å². The third kappa shape index (κ3) is 2.55. The van der Waals surface area contributed by atoms with Crippen LogP contribution in [0.1, 0.15) is 37.9 Å². The Labute approximate surface area is 119 Å². The minimum atomic E-state index is -0.891. The molecule has 1 amide bonds. The lowest BCUT2D eigenvalue weighted by atomic mass is 10.1. The van der Waals surface area contributed by atoms with Gasteiger partial charge < -0.3 is 10.4 Å². The monoisotopic (exact) mass is 275 g/mol. The fraction of sp³-hybridized carbons (Fsp3) is 0.500. The third-order valence-corrected chi connectivity index (χ3v) is 4.31. The Bertz CT molecular complexity index is 533. The molecule has 2 N–H and O–H groups in total. The van der Waals surface area contributed by atoms with Crippen LogP contribution in [0.2, 0.25) is 0 Å². The second kappa shape index (κ2) is 4.93. The zero-order valence-corrected chi connectivity index (χ0v) is 12.3. The summed E-state index contributed by atoms with van der Waals surface area (Å²) in [7, 11) is 0. The highest BCUT2D eigenvalue weighted by Crippen LogP contribution is 2.58. The second-order valence-corrected chi connectivity index (χ2v) is 6.26. The quantitative estimate of drug-likeness (QED) is 0.887. The minimum Gasteiger partial charge on any atom is -0.481 e. The third-order valence-electron chi connectivity index (χ3n) is 4.31. The fourth-order valence-corrected chi connectivity index (χ4v) is 2.83. The lowest BCUT2D eigenvalue weighted by Crippen LogP contribution is -2.30. The van der Waals surface area contributed by atoms with Gasteiger partial charge in [0.2, 0.25) is 5.91 Å². The van der Waals surface area contributed by atoms with Crippen LogP contribution in [0.4, 0.5) is 0 Å². The molecule has 1 aliphatic rings. The highest BCUT2D eigenvalue weighted by Gasteiger charge is 2.65. The molecule has 0 saturated heterocycles. The van der Waals surface area contributed by atoms with E-state index in [2.05, 4.69) is 5.32 Å². The smallest absolute Gasteiger partial charge is 0.307 e. The first-order chi connectivity index (χ1) is 9.25. The predicted octanol–water partition coefficient (Wildman–Crippen LogP) is 2.53. The van der Waals surface area contributed by atoms with E-state index in [1.54, 1.807) is 0 Å². The zero-order valence-electron chi connectivity index (χ0n) is 12.3. The van der Waals surface area contributed by atoms with E-state index in [0.717, 1.165) is 5.56 Å². The van der Waals surface area contributed by atoms with Gasteiger partial charge >= 0.3 is 5.97 Å². The fourth-order valence-electron chi connectivity index (χ4n) is 2.83. The molecule has 1 unspecified atom stereocenters. The van der Waals surface area contributed by atoms with Crippen LogP contribution in [0.25, 0.3) is 0 Å². The first-order valence-electron chi connectivity index (χ1n) is 6.85. The first kappa shape index (κ1) is 14.6. The van der Waals surface area contributed by atoms with Gasteiger partial charge in [0.15, 0.2) is 0 Å². The molecule has 2 rings (SSSR count). The molecule has 20 heavy (non-hydrogen) atoms. The number of carboxylic acid groups (broad SMARTS) is 1. The molecule has 4 heteroatoms. The second-order valence-electron chi connectivity index (χ2n) is 6.26. The maximum Gasteiger partial charge on any atom is 0.307 e. The summed E-state index contributed by atoms with van der Waals surface area (Å²) in [6.45, 7) is 7.57. The summed E-state index contributed by atoms with van der Waals surface area (Å²) >= 11 is 0. The Morgan fingerprint density at radius 3 is 2.20 bits per heavy atom. The van der Waals surface area contributed by atoms with E-state index in [1.165, 1.54) is 5.56 Å². The number of carbonyl (C=O) groups is 2. The van der Waals surface area contributed by atoms with E-state index in [0.29, 0.717) is 0 Å². The van der Waals surface area contributed by atoms with Crippen molar-refractivity contribution >= 4 is 11.9 Å². The van der Waals surface area contributed by atoms with Crippen LogP contribution < -0.4 is 5.32 Å². The molecule has 3 atom stereocenters. The molecule has 0 spiro atoms. The molecule has 0 aromatic heterocycles. The van der Waals surface area contributed by atoms with Gasteiger partial charge in [0.1, 0.15) is 0 Å². The highest BCUT2D eigenvalue weighted by atomic mass is 16.4. The van der Waals surface area contributed by atoms with E-state index < -0.39 is 23.2 Å². The van der Waals surface area contributed by atoms with Crippen molar-refractivity contribution in [2.75, 3.05) is 0 Å². The van der Waals surface area contributed by atoms with Crippen molar-refractivity contribution in [3.8, 4) is 0 Å².